The highest BCUT2D eigenvalue weighted by atomic mass is 19.1. The van der Waals surface area contributed by atoms with E-state index in [4.69, 9.17) is 0 Å². The van der Waals surface area contributed by atoms with E-state index in [9.17, 15) is 9.18 Å². The normalized spacial score (nSPS) is 28.9. The van der Waals surface area contributed by atoms with E-state index in [0.717, 1.165) is 37.7 Å². The molecule has 0 N–H and O–H groups in total. The van der Waals surface area contributed by atoms with Crippen molar-refractivity contribution in [2.24, 2.45) is 17.8 Å². The maximum Gasteiger partial charge on any atom is 0.149 e. The SMILES string of the molecule is CCC1CC1C(=O)C1CC=C(c2ncccc2F)CC1. The Kier molecular flexibility index (Phi) is 3.68. The predicted molar refractivity (Wildman–Crippen MR) is 76.4 cm³/mol. The molecule has 3 unspecified atom stereocenters. The van der Waals surface area contributed by atoms with Crippen LogP contribution in [-0.2, 0) is 4.79 Å². The molecule has 0 spiro atoms. The summed E-state index contributed by atoms with van der Waals surface area (Å²) in [7, 11) is 0. The molecule has 0 aliphatic heterocycles. The van der Waals surface area contributed by atoms with E-state index in [1.807, 2.05) is 6.08 Å². The number of Topliss-reactive ketones (excluding diaryl/α,β-unsaturated/α-hetero) is 1. The molecule has 3 rings (SSSR count). The molecule has 0 aromatic carbocycles. The Morgan fingerprint density at radius 3 is 2.95 bits per heavy atom. The summed E-state index contributed by atoms with van der Waals surface area (Å²) in [6, 6.07) is 3.04. The molecule has 106 valence electrons. The third kappa shape index (κ3) is 2.54. The van der Waals surface area contributed by atoms with Crippen molar-refractivity contribution in [1.29, 1.82) is 0 Å². The minimum absolute atomic E-state index is 0.145. The Morgan fingerprint density at radius 1 is 1.50 bits per heavy atom. The largest absolute Gasteiger partial charge is 0.299 e. The van der Waals surface area contributed by atoms with E-state index in [1.54, 1.807) is 12.3 Å². The van der Waals surface area contributed by atoms with Gasteiger partial charge in [0.25, 0.3) is 0 Å². The highest BCUT2D eigenvalue weighted by Crippen LogP contribution is 2.45. The van der Waals surface area contributed by atoms with Crippen LogP contribution in [0.25, 0.3) is 5.57 Å². The van der Waals surface area contributed by atoms with Crippen molar-refractivity contribution in [3.63, 3.8) is 0 Å². The Balaban J connectivity index is 1.67. The number of ketones is 1. The third-order valence-electron chi connectivity index (χ3n) is 4.69. The first-order chi connectivity index (χ1) is 9.70. The number of aromatic nitrogens is 1. The fourth-order valence-electron chi connectivity index (χ4n) is 3.28. The lowest BCUT2D eigenvalue weighted by Crippen LogP contribution is -2.19. The molecular formula is C17H20FNO. The molecule has 20 heavy (non-hydrogen) atoms. The van der Waals surface area contributed by atoms with E-state index in [-0.39, 0.29) is 11.7 Å². The van der Waals surface area contributed by atoms with Crippen LogP contribution in [0.15, 0.2) is 24.4 Å². The summed E-state index contributed by atoms with van der Waals surface area (Å²) in [5, 5.41) is 0. The minimum Gasteiger partial charge on any atom is -0.299 e. The molecule has 0 radical (unpaired) electrons. The van der Waals surface area contributed by atoms with Crippen molar-refractivity contribution < 1.29 is 9.18 Å². The van der Waals surface area contributed by atoms with Gasteiger partial charge in [0.15, 0.2) is 0 Å². The number of pyridine rings is 1. The van der Waals surface area contributed by atoms with Crippen molar-refractivity contribution in [1.82, 2.24) is 4.98 Å². The molecule has 2 nitrogen and oxygen atoms in total. The first-order valence-electron chi connectivity index (χ1n) is 7.54. The van der Waals surface area contributed by atoms with E-state index >= 15 is 0 Å². The maximum atomic E-state index is 13.7. The summed E-state index contributed by atoms with van der Waals surface area (Å²) in [6.07, 6.45) is 8.17. The molecule has 2 aliphatic carbocycles. The van der Waals surface area contributed by atoms with Gasteiger partial charge >= 0.3 is 0 Å². The molecule has 1 saturated carbocycles. The molecule has 0 saturated heterocycles. The summed E-state index contributed by atoms with van der Waals surface area (Å²) in [5.41, 5.74) is 1.41. The standard InChI is InChI=1S/C17H20FNO/c1-2-11-10-14(11)17(20)13-7-5-12(6-8-13)16-15(18)4-3-9-19-16/h3-5,9,11,13-14H,2,6-8,10H2,1H3. The number of carbonyl (C=O) groups excluding carboxylic acids is 1. The van der Waals surface area contributed by atoms with Crippen LogP contribution in [0.1, 0.15) is 44.7 Å². The van der Waals surface area contributed by atoms with Crippen molar-refractivity contribution in [2.45, 2.75) is 39.0 Å². The Morgan fingerprint density at radius 2 is 2.35 bits per heavy atom. The molecule has 3 atom stereocenters. The lowest BCUT2D eigenvalue weighted by Gasteiger charge is -2.21. The second-order valence-corrected chi connectivity index (χ2v) is 5.95. The van der Waals surface area contributed by atoms with Gasteiger partial charge in [-0.2, -0.15) is 0 Å². The Bertz CT molecular complexity index is 552. The topological polar surface area (TPSA) is 30.0 Å². The molecule has 0 amide bonds. The van der Waals surface area contributed by atoms with Crippen molar-refractivity contribution in [2.75, 3.05) is 0 Å². The van der Waals surface area contributed by atoms with Gasteiger partial charge < -0.3 is 0 Å². The Labute approximate surface area is 119 Å². The summed E-state index contributed by atoms with van der Waals surface area (Å²) < 4.78 is 13.7. The number of carbonyl (C=O) groups is 1. The van der Waals surface area contributed by atoms with Crippen LogP contribution < -0.4 is 0 Å². The fraction of sp³-hybridized carbons (Fsp3) is 0.529. The van der Waals surface area contributed by atoms with Gasteiger partial charge in [0.05, 0.1) is 0 Å². The first kappa shape index (κ1) is 13.5. The number of hydrogen-bond acceptors (Lipinski definition) is 2. The summed E-state index contributed by atoms with van der Waals surface area (Å²) in [5.74, 6) is 1.25. The van der Waals surface area contributed by atoms with Crippen molar-refractivity contribution in [3.05, 3.63) is 35.9 Å². The fourth-order valence-corrected chi connectivity index (χ4v) is 3.28. The third-order valence-corrected chi connectivity index (χ3v) is 4.69. The summed E-state index contributed by atoms with van der Waals surface area (Å²) in [6.45, 7) is 2.15. The van der Waals surface area contributed by atoms with Gasteiger partial charge in [-0.3, -0.25) is 9.78 Å². The summed E-state index contributed by atoms with van der Waals surface area (Å²) in [4.78, 5) is 16.4. The van der Waals surface area contributed by atoms with E-state index in [1.165, 1.54) is 6.07 Å². The molecule has 0 bridgehead atoms. The summed E-state index contributed by atoms with van der Waals surface area (Å²) >= 11 is 0. The van der Waals surface area contributed by atoms with Crippen LogP contribution in [0.3, 0.4) is 0 Å². The minimum atomic E-state index is -0.267. The first-order valence-corrected chi connectivity index (χ1v) is 7.54. The number of halogens is 1. The van der Waals surface area contributed by atoms with Crippen LogP contribution >= 0.6 is 0 Å². The van der Waals surface area contributed by atoms with Gasteiger partial charge in [-0.25, -0.2) is 4.39 Å². The molecule has 1 heterocycles. The molecular weight excluding hydrogens is 253 g/mol. The van der Waals surface area contributed by atoms with Crippen LogP contribution in [0.2, 0.25) is 0 Å². The smallest absolute Gasteiger partial charge is 0.149 e. The van der Waals surface area contributed by atoms with Crippen molar-refractivity contribution in [3.8, 4) is 0 Å². The van der Waals surface area contributed by atoms with Crippen LogP contribution in [0.5, 0.6) is 0 Å². The Hall–Kier alpha value is -1.51. The molecule has 1 fully saturated rings. The maximum absolute atomic E-state index is 13.7. The quantitative estimate of drug-likeness (QED) is 0.829. The highest BCUT2D eigenvalue weighted by molar-refractivity contribution is 5.87. The second kappa shape index (κ2) is 5.47. The van der Waals surface area contributed by atoms with Crippen LogP contribution in [0.4, 0.5) is 4.39 Å². The zero-order chi connectivity index (χ0) is 14.1. The zero-order valence-electron chi connectivity index (χ0n) is 11.8. The molecule has 1 aromatic heterocycles. The van der Waals surface area contributed by atoms with E-state index in [0.29, 0.717) is 23.3 Å². The monoisotopic (exact) mass is 273 g/mol. The molecule has 2 aliphatic rings. The number of hydrogen-bond donors (Lipinski definition) is 0. The van der Waals surface area contributed by atoms with Crippen LogP contribution in [-0.4, -0.2) is 10.8 Å². The lowest BCUT2D eigenvalue weighted by atomic mass is 9.83. The number of rotatable bonds is 4. The van der Waals surface area contributed by atoms with Gasteiger partial charge in [0.1, 0.15) is 17.3 Å². The lowest BCUT2D eigenvalue weighted by molar-refractivity contribution is -0.124. The number of allylic oxidation sites excluding steroid dienone is 2. The van der Waals surface area contributed by atoms with E-state index in [2.05, 4.69) is 11.9 Å². The van der Waals surface area contributed by atoms with Gasteiger partial charge in [0.2, 0.25) is 0 Å². The number of nitrogens with zero attached hydrogens (tertiary/aromatic N) is 1. The van der Waals surface area contributed by atoms with Crippen molar-refractivity contribution >= 4 is 11.4 Å². The average Bonchev–Trinajstić information content (AvgIpc) is 3.27. The van der Waals surface area contributed by atoms with E-state index < -0.39 is 0 Å². The second-order valence-electron chi connectivity index (χ2n) is 5.95. The highest BCUT2D eigenvalue weighted by Gasteiger charge is 2.43. The predicted octanol–water partition coefficient (Wildman–Crippen LogP) is 4.02. The van der Waals surface area contributed by atoms with Gasteiger partial charge in [0, 0.05) is 18.0 Å². The average molecular weight is 273 g/mol. The molecule has 1 aromatic rings. The van der Waals surface area contributed by atoms with Gasteiger partial charge in [-0.1, -0.05) is 19.4 Å². The van der Waals surface area contributed by atoms with Gasteiger partial charge in [-0.05, 0) is 49.3 Å². The van der Waals surface area contributed by atoms with Crippen LogP contribution in [0, 0.1) is 23.6 Å². The molecule has 3 heteroatoms. The zero-order valence-corrected chi connectivity index (χ0v) is 11.8. The van der Waals surface area contributed by atoms with Gasteiger partial charge in [-0.15, -0.1) is 0 Å².